The standard InChI is InChI=1S/C13H23N3O4/c1-2-14-11(17)8-15-13(20)16-10-7-5-3-4-6-9(10)12(18)19/h9-10H,2-8H2,1H3,(H,14,17)(H,18,19)(H2,15,16,20). The van der Waals surface area contributed by atoms with Crippen molar-refractivity contribution in [3.63, 3.8) is 0 Å². The maximum atomic E-state index is 11.7. The highest BCUT2D eigenvalue weighted by molar-refractivity contribution is 5.84. The van der Waals surface area contributed by atoms with Gasteiger partial charge in [0, 0.05) is 12.6 Å². The van der Waals surface area contributed by atoms with E-state index in [9.17, 15) is 19.5 Å². The molecule has 0 aliphatic heterocycles. The van der Waals surface area contributed by atoms with Gasteiger partial charge in [-0.05, 0) is 19.8 Å². The summed E-state index contributed by atoms with van der Waals surface area (Å²) in [6, 6.07) is -0.862. The van der Waals surface area contributed by atoms with E-state index in [0.717, 1.165) is 19.3 Å². The smallest absolute Gasteiger partial charge is 0.315 e. The van der Waals surface area contributed by atoms with Gasteiger partial charge in [-0.3, -0.25) is 9.59 Å². The summed E-state index contributed by atoms with van der Waals surface area (Å²) in [7, 11) is 0. The number of amides is 3. The molecule has 114 valence electrons. The molecule has 7 heteroatoms. The zero-order valence-corrected chi connectivity index (χ0v) is 11.8. The lowest BCUT2D eigenvalue weighted by Gasteiger charge is -2.22. The summed E-state index contributed by atoms with van der Waals surface area (Å²) < 4.78 is 0. The van der Waals surface area contributed by atoms with Crippen molar-refractivity contribution in [1.82, 2.24) is 16.0 Å². The Balaban J connectivity index is 2.44. The van der Waals surface area contributed by atoms with Gasteiger partial charge < -0.3 is 21.1 Å². The Bertz CT molecular complexity index is 360. The SMILES string of the molecule is CCNC(=O)CNC(=O)NC1CCCCCC1C(=O)O. The first-order chi connectivity index (χ1) is 9.54. The summed E-state index contributed by atoms with van der Waals surface area (Å²) in [5.41, 5.74) is 0. The van der Waals surface area contributed by atoms with Gasteiger partial charge in [-0.1, -0.05) is 19.3 Å². The molecule has 0 bridgehead atoms. The molecule has 1 saturated carbocycles. The highest BCUT2D eigenvalue weighted by atomic mass is 16.4. The Hall–Kier alpha value is -1.79. The van der Waals surface area contributed by atoms with Crippen molar-refractivity contribution in [2.75, 3.05) is 13.1 Å². The summed E-state index contributed by atoms with van der Waals surface area (Å²) >= 11 is 0. The first-order valence-electron chi connectivity index (χ1n) is 7.08. The third kappa shape index (κ3) is 5.46. The van der Waals surface area contributed by atoms with E-state index in [1.165, 1.54) is 0 Å². The monoisotopic (exact) mass is 285 g/mol. The number of carboxylic acid groups (broad SMARTS) is 1. The number of urea groups is 1. The average molecular weight is 285 g/mol. The van der Waals surface area contributed by atoms with E-state index in [1.807, 2.05) is 0 Å². The molecule has 4 N–H and O–H groups in total. The van der Waals surface area contributed by atoms with Crippen LogP contribution in [0.1, 0.15) is 39.0 Å². The van der Waals surface area contributed by atoms with Gasteiger partial charge in [-0.25, -0.2) is 4.79 Å². The van der Waals surface area contributed by atoms with E-state index in [2.05, 4.69) is 16.0 Å². The molecule has 2 atom stereocenters. The van der Waals surface area contributed by atoms with Crippen LogP contribution in [0.3, 0.4) is 0 Å². The molecule has 0 aromatic heterocycles. The van der Waals surface area contributed by atoms with Crippen molar-refractivity contribution in [1.29, 1.82) is 0 Å². The van der Waals surface area contributed by atoms with Crippen LogP contribution >= 0.6 is 0 Å². The molecular formula is C13H23N3O4. The third-order valence-electron chi connectivity index (χ3n) is 3.43. The van der Waals surface area contributed by atoms with Crippen molar-refractivity contribution in [2.24, 2.45) is 5.92 Å². The maximum absolute atomic E-state index is 11.7. The third-order valence-corrected chi connectivity index (χ3v) is 3.43. The van der Waals surface area contributed by atoms with Crippen LogP contribution in [0.2, 0.25) is 0 Å². The molecule has 0 aromatic rings. The number of nitrogens with one attached hydrogen (secondary N) is 3. The van der Waals surface area contributed by atoms with Crippen LogP contribution < -0.4 is 16.0 Å². The van der Waals surface area contributed by atoms with E-state index in [-0.39, 0.29) is 18.5 Å². The van der Waals surface area contributed by atoms with Crippen molar-refractivity contribution in [2.45, 2.75) is 45.1 Å². The van der Waals surface area contributed by atoms with Gasteiger partial charge >= 0.3 is 12.0 Å². The Kier molecular flexibility index (Phi) is 6.83. The quantitative estimate of drug-likeness (QED) is 0.550. The van der Waals surface area contributed by atoms with Crippen molar-refractivity contribution >= 4 is 17.9 Å². The Morgan fingerprint density at radius 1 is 1.10 bits per heavy atom. The van der Waals surface area contributed by atoms with Gasteiger partial charge in [0.25, 0.3) is 0 Å². The average Bonchev–Trinajstić information content (AvgIpc) is 2.62. The van der Waals surface area contributed by atoms with Gasteiger partial charge in [0.2, 0.25) is 5.91 Å². The largest absolute Gasteiger partial charge is 0.481 e. The molecule has 1 aliphatic carbocycles. The number of hydrogen-bond donors (Lipinski definition) is 4. The van der Waals surface area contributed by atoms with Crippen molar-refractivity contribution in [3.8, 4) is 0 Å². The fourth-order valence-corrected chi connectivity index (χ4v) is 2.42. The topological polar surface area (TPSA) is 108 Å². The van der Waals surface area contributed by atoms with Crippen LogP contribution in [-0.4, -0.2) is 42.1 Å². The Morgan fingerprint density at radius 2 is 1.80 bits per heavy atom. The first-order valence-corrected chi connectivity index (χ1v) is 7.08. The lowest BCUT2D eigenvalue weighted by molar-refractivity contribution is -0.142. The van der Waals surface area contributed by atoms with Crippen LogP contribution in [0.4, 0.5) is 4.79 Å². The van der Waals surface area contributed by atoms with Crippen LogP contribution in [-0.2, 0) is 9.59 Å². The van der Waals surface area contributed by atoms with E-state index in [0.29, 0.717) is 19.4 Å². The second kappa shape index (κ2) is 8.39. The molecule has 1 fully saturated rings. The molecule has 3 amide bonds. The second-order valence-corrected chi connectivity index (χ2v) is 4.97. The second-order valence-electron chi connectivity index (χ2n) is 4.97. The zero-order valence-electron chi connectivity index (χ0n) is 11.8. The number of carboxylic acids is 1. The number of likely N-dealkylation sites (N-methyl/N-ethyl adjacent to an activating group) is 1. The van der Waals surface area contributed by atoms with Crippen LogP contribution in [0, 0.1) is 5.92 Å². The fourth-order valence-electron chi connectivity index (χ4n) is 2.42. The van der Waals surface area contributed by atoms with E-state index in [4.69, 9.17) is 0 Å². The van der Waals surface area contributed by atoms with Crippen LogP contribution in [0.25, 0.3) is 0 Å². The number of carbonyl (C=O) groups is 3. The summed E-state index contributed by atoms with van der Waals surface area (Å²) in [4.78, 5) is 34.1. The van der Waals surface area contributed by atoms with Gasteiger partial charge in [0.05, 0.1) is 12.5 Å². The van der Waals surface area contributed by atoms with Gasteiger partial charge in [0.15, 0.2) is 0 Å². The summed E-state index contributed by atoms with van der Waals surface area (Å²) in [6.45, 7) is 2.19. The predicted octanol–water partition coefficient (Wildman–Crippen LogP) is 0.455. The van der Waals surface area contributed by atoms with Gasteiger partial charge in [-0.15, -0.1) is 0 Å². The minimum Gasteiger partial charge on any atom is -0.481 e. The lowest BCUT2D eigenvalue weighted by atomic mass is 9.95. The van der Waals surface area contributed by atoms with E-state index < -0.39 is 17.9 Å². The fraction of sp³-hybridized carbons (Fsp3) is 0.769. The molecular weight excluding hydrogens is 262 g/mol. The molecule has 0 aromatic carbocycles. The minimum absolute atomic E-state index is 0.107. The first kappa shape index (κ1) is 16.3. The molecule has 1 rings (SSSR count). The van der Waals surface area contributed by atoms with Crippen molar-refractivity contribution < 1.29 is 19.5 Å². The summed E-state index contributed by atoms with van der Waals surface area (Å²) in [5.74, 6) is -1.69. The molecule has 2 unspecified atom stereocenters. The number of aliphatic carboxylic acids is 1. The zero-order chi connectivity index (χ0) is 15.0. The summed E-state index contributed by atoms with van der Waals surface area (Å²) in [5, 5.41) is 16.9. The molecule has 1 aliphatic rings. The highest BCUT2D eigenvalue weighted by Crippen LogP contribution is 2.23. The Labute approximate surface area is 118 Å². The van der Waals surface area contributed by atoms with E-state index >= 15 is 0 Å². The molecule has 0 spiro atoms. The molecule has 0 heterocycles. The van der Waals surface area contributed by atoms with Crippen molar-refractivity contribution in [3.05, 3.63) is 0 Å². The van der Waals surface area contributed by atoms with Crippen LogP contribution in [0.5, 0.6) is 0 Å². The highest BCUT2D eigenvalue weighted by Gasteiger charge is 2.30. The van der Waals surface area contributed by atoms with E-state index in [1.54, 1.807) is 6.92 Å². The molecule has 0 radical (unpaired) electrons. The number of hydrogen-bond acceptors (Lipinski definition) is 3. The van der Waals surface area contributed by atoms with Gasteiger partial charge in [0.1, 0.15) is 0 Å². The molecule has 20 heavy (non-hydrogen) atoms. The van der Waals surface area contributed by atoms with Crippen LogP contribution in [0.15, 0.2) is 0 Å². The lowest BCUT2D eigenvalue weighted by Crippen LogP contribution is -2.49. The number of carbonyl (C=O) groups excluding carboxylic acids is 2. The normalized spacial score (nSPS) is 22.4. The maximum Gasteiger partial charge on any atom is 0.315 e. The number of rotatable bonds is 5. The Morgan fingerprint density at radius 3 is 2.45 bits per heavy atom. The predicted molar refractivity (Wildman–Crippen MR) is 73.2 cm³/mol. The summed E-state index contributed by atoms with van der Waals surface area (Å²) in [6.07, 6.45) is 4.01. The molecule has 7 nitrogen and oxygen atoms in total. The minimum atomic E-state index is -0.874. The van der Waals surface area contributed by atoms with Gasteiger partial charge in [-0.2, -0.15) is 0 Å². The molecule has 0 saturated heterocycles.